The van der Waals surface area contributed by atoms with Gasteiger partial charge in [-0.2, -0.15) is 0 Å². The first kappa shape index (κ1) is 22.2. The number of para-hydroxylation sites is 1. The van der Waals surface area contributed by atoms with Gasteiger partial charge in [0.15, 0.2) is 6.61 Å². The van der Waals surface area contributed by atoms with Gasteiger partial charge in [0.1, 0.15) is 5.76 Å². The molecule has 0 spiro atoms. The zero-order chi connectivity index (χ0) is 22.2. The average molecular weight is 439 g/mol. The van der Waals surface area contributed by atoms with E-state index in [4.69, 9.17) is 9.15 Å². The third-order valence-electron chi connectivity index (χ3n) is 4.54. The predicted molar refractivity (Wildman–Crippen MR) is 118 cm³/mol. The minimum Gasteiger partial charge on any atom is -0.467 e. The van der Waals surface area contributed by atoms with Crippen LogP contribution in [0.1, 0.15) is 26.5 Å². The molecule has 3 aromatic rings. The molecule has 1 aromatic heterocycles. The number of hydrogen-bond acceptors (Lipinski definition) is 6. The summed E-state index contributed by atoms with van der Waals surface area (Å²) >= 11 is 1.56. The van der Waals surface area contributed by atoms with Crippen LogP contribution in [-0.2, 0) is 16.1 Å². The smallest absolute Gasteiger partial charge is 0.338 e. The Labute approximate surface area is 184 Å². The zero-order valence-corrected chi connectivity index (χ0v) is 18.0. The molecule has 2 aromatic carbocycles. The number of rotatable bonds is 8. The Balaban J connectivity index is 1.62. The maximum absolute atomic E-state index is 12.6. The van der Waals surface area contributed by atoms with Crippen molar-refractivity contribution < 1.29 is 23.5 Å². The first-order valence-corrected chi connectivity index (χ1v) is 10.7. The van der Waals surface area contributed by atoms with Gasteiger partial charge in [-0.05, 0) is 54.8 Å². The van der Waals surface area contributed by atoms with E-state index in [1.807, 2.05) is 18.4 Å². The molecule has 0 saturated heterocycles. The lowest BCUT2D eigenvalue weighted by atomic mass is 10.1. The molecule has 2 amide bonds. The van der Waals surface area contributed by atoms with E-state index in [9.17, 15) is 14.4 Å². The number of carbonyl (C=O) groups is 3. The molecule has 3 rings (SSSR count). The topological polar surface area (TPSA) is 88.9 Å². The molecule has 0 aliphatic rings. The van der Waals surface area contributed by atoms with Crippen LogP contribution in [-0.4, -0.2) is 37.7 Å². The third kappa shape index (κ3) is 5.76. The van der Waals surface area contributed by atoms with E-state index >= 15 is 0 Å². The fourth-order valence-electron chi connectivity index (χ4n) is 2.80. The highest BCUT2D eigenvalue weighted by Crippen LogP contribution is 2.20. The van der Waals surface area contributed by atoms with Gasteiger partial charge in [0.2, 0.25) is 0 Å². The van der Waals surface area contributed by atoms with Crippen LogP contribution >= 0.6 is 11.8 Å². The number of nitrogens with zero attached hydrogens (tertiary/aromatic N) is 1. The fourth-order valence-corrected chi connectivity index (χ4v) is 3.21. The van der Waals surface area contributed by atoms with Crippen molar-refractivity contribution in [2.24, 2.45) is 0 Å². The van der Waals surface area contributed by atoms with Crippen LogP contribution in [0.3, 0.4) is 0 Å². The van der Waals surface area contributed by atoms with E-state index in [0.717, 1.165) is 4.90 Å². The highest BCUT2D eigenvalue weighted by molar-refractivity contribution is 7.98. The lowest BCUT2D eigenvalue weighted by Crippen LogP contribution is -2.33. The molecule has 0 unspecified atom stereocenters. The number of nitrogens with one attached hydrogen (secondary N) is 1. The van der Waals surface area contributed by atoms with Crippen molar-refractivity contribution in [3.8, 4) is 0 Å². The molecular formula is C23H22N2O5S. The summed E-state index contributed by atoms with van der Waals surface area (Å²) in [7, 11) is 1.53. The molecule has 8 heteroatoms. The Morgan fingerprint density at radius 2 is 1.77 bits per heavy atom. The van der Waals surface area contributed by atoms with Crippen molar-refractivity contribution >= 4 is 35.2 Å². The van der Waals surface area contributed by atoms with E-state index in [0.29, 0.717) is 22.6 Å². The lowest BCUT2D eigenvalue weighted by Gasteiger charge is -2.20. The van der Waals surface area contributed by atoms with E-state index < -0.39 is 18.5 Å². The summed E-state index contributed by atoms with van der Waals surface area (Å²) in [6.07, 6.45) is 3.47. The third-order valence-corrected chi connectivity index (χ3v) is 5.28. The SMILES string of the molecule is CSc1ccc(C(=O)OCC(=O)N(C)c2ccccc2C(=O)NCc2ccco2)cc1. The van der Waals surface area contributed by atoms with Crippen molar-refractivity contribution in [1.82, 2.24) is 5.32 Å². The predicted octanol–water partition coefficient (Wildman–Crippen LogP) is 3.75. The van der Waals surface area contributed by atoms with Gasteiger partial charge in [0, 0.05) is 11.9 Å². The fraction of sp³-hybridized carbons (Fsp3) is 0.174. The molecule has 0 atom stereocenters. The normalized spacial score (nSPS) is 10.4. The highest BCUT2D eigenvalue weighted by Gasteiger charge is 2.20. The highest BCUT2D eigenvalue weighted by atomic mass is 32.2. The number of likely N-dealkylation sites (N-methyl/N-ethyl adjacent to an activating group) is 1. The standard InChI is InChI=1S/C23H22N2O5S/c1-25(21(26)15-30-23(28)16-9-11-18(31-2)12-10-16)20-8-4-3-7-19(20)22(27)24-14-17-6-5-13-29-17/h3-13H,14-15H2,1-2H3,(H,24,27). The summed E-state index contributed by atoms with van der Waals surface area (Å²) in [6, 6.07) is 17.1. The number of benzene rings is 2. The van der Waals surface area contributed by atoms with Crippen LogP contribution in [0.15, 0.2) is 76.2 Å². The lowest BCUT2D eigenvalue weighted by molar-refractivity contribution is -0.121. The van der Waals surface area contributed by atoms with Gasteiger partial charge >= 0.3 is 5.97 Å². The molecule has 0 aliphatic carbocycles. The molecule has 0 aliphatic heterocycles. The summed E-state index contributed by atoms with van der Waals surface area (Å²) in [5.41, 5.74) is 1.10. The second kappa shape index (κ2) is 10.5. The molecule has 7 nitrogen and oxygen atoms in total. The van der Waals surface area contributed by atoms with Crippen LogP contribution in [0, 0.1) is 0 Å². The van der Waals surface area contributed by atoms with Gasteiger partial charge in [0.05, 0.1) is 29.6 Å². The number of carbonyl (C=O) groups excluding carboxylic acids is 3. The van der Waals surface area contributed by atoms with Crippen molar-refractivity contribution in [1.29, 1.82) is 0 Å². The summed E-state index contributed by atoms with van der Waals surface area (Å²) in [5, 5.41) is 2.76. The van der Waals surface area contributed by atoms with Gasteiger partial charge < -0.3 is 19.4 Å². The summed E-state index contributed by atoms with van der Waals surface area (Å²) in [5.74, 6) is -0.774. The van der Waals surface area contributed by atoms with Crippen LogP contribution in [0.4, 0.5) is 5.69 Å². The maximum atomic E-state index is 12.6. The zero-order valence-electron chi connectivity index (χ0n) is 17.2. The first-order valence-electron chi connectivity index (χ1n) is 9.47. The van der Waals surface area contributed by atoms with Gasteiger partial charge in [0.25, 0.3) is 11.8 Å². The number of esters is 1. The first-order chi connectivity index (χ1) is 15.0. The Bertz CT molecular complexity index is 1050. The Morgan fingerprint density at radius 1 is 1.03 bits per heavy atom. The van der Waals surface area contributed by atoms with Gasteiger partial charge in [-0.1, -0.05) is 12.1 Å². The quantitative estimate of drug-likeness (QED) is 0.426. The molecule has 0 bridgehead atoms. The van der Waals surface area contributed by atoms with E-state index in [2.05, 4.69) is 5.32 Å². The van der Waals surface area contributed by atoms with Crippen molar-refractivity contribution in [2.75, 3.05) is 24.8 Å². The van der Waals surface area contributed by atoms with Crippen LogP contribution in [0.5, 0.6) is 0 Å². The largest absolute Gasteiger partial charge is 0.467 e. The van der Waals surface area contributed by atoms with Crippen LogP contribution in [0.2, 0.25) is 0 Å². The Hall–Kier alpha value is -3.52. The second-order valence-electron chi connectivity index (χ2n) is 6.54. The Morgan fingerprint density at radius 3 is 2.45 bits per heavy atom. The van der Waals surface area contributed by atoms with Gasteiger partial charge in [-0.3, -0.25) is 9.59 Å². The van der Waals surface area contributed by atoms with Crippen molar-refractivity contribution in [2.45, 2.75) is 11.4 Å². The number of furan rings is 1. The summed E-state index contributed by atoms with van der Waals surface area (Å²) in [4.78, 5) is 39.7. The van der Waals surface area contributed by atoms with Crippen molar-refractivity contribution in [3.63, 3.8) is 0 Å². The molecule has 1 heterocycles. The molecule has 0 radical (unpaired) electrons. The number of anilines is 1. The molecule has 31 heavy (non-hydrogen) atoms. The van der Waals surface area contributed by atoms with Gasteiger partial charge in [-0.25, -0.2) is 4.79 Å². The molecule has 160 valence electrons. The van der Waals surface area contributed by atoms with E-state index in [1.165, 1.54) is 18.2 Å². The molecule has 0 fully saturated rings. The van der Waals surface area contributed by atoms with Gasteiger partial charge in [-0.15, -0.1) is 11.8 Å². The molecular weight excluding hydrogens is 416 g/mol. The maximum Gasteiger partial charge on any atom is 0.338 e. The van der Waals surface area contributed by atoms with Crippen LogP contribution in [0.25, 0.3) is 0 Å². The average Bonchev–Trinajstić information content (AvgIpc) is 3.34. The minimum atomic E-state index is -0.584. The summed E-state index contributed by atoms with van der Waals surface area (Å²) in [6.45, 7) is -0.216. The van der Waals surface area contributed by atoms with Crippen molar-refractivity contribution in [3.05, 3.63) is 83.8 Å². The van der Waals surface area contributed by atoms with E-state index in [1.54, 1.807) is 60.3 Å². The number of hydrogen-bond donors (Lipinski definition) is 1. The molecule has 1 N–H and O–H groups in total. The van der Waals surface area contributed by atoms with E-state index in [-0.39, 0.29) is 12.5 Å². The summed E-state index contributed by atoms with van der Waals surface area (Å²) < 4.78 is 10.4. The number of amides is 2. The monoisotopic (exact) mass is 438 g/mol. The minimum absolute atomic E-state index is 0.227. The second-order valence-corrected chi connectivity index (χ2v) is 7.42. The number of thioether (sulfide) groups is 1. The van der Waals surface area contributed by atoms with Crippen LogP contribution < -0.4 is 10.2 Å². The number of ether oxygens (including phenoxy) is 1. The molecule has 0 saturated carbocycles. The Kier molecular flexibility index (Phi) is 7.50.